The van der Waals surface area contributed by atoms with Crippen molar-refractivity contribution in [3.05, 3.63) is 35.4 Å². The van der Waals surface area contributed by atoms with Crippen LogP contribution in [-0.2, 0) is 11.2 Å². The van der Waals surface area contributed by atoms with Crippen LogP contribution in [0.1, 0.15) is 56.0 Å². The lowest BCUT2D eigenvalue weighted by atomic mass is 9.95. The molecule has 1 amide bonds. The van der Waals surface area contributed by atoms with E-state index in [4.69, 9.17) is 9.90 Å². The van der Waals surface area contributed by atoms with Gasteiger partial charge < -0.3 is 14.9 Å². The van der Waals surface area contributed by atoms with Crippen LogP contribution in [0.4, 0.5) is 13.2 Å². The van der Waals surface area contributed by atoms with Crippen molar-refractivity contribution in [3.8, 4) is 0 Å². The van der Waals surface area contributed by atoms with E-state index in [0.29, 0.717) is 5.92 Å². The minimum Gasteiger partial charge on any atom is -0.475 e. The van der Waals surface area contributed by atoms with Gasteiger partial charge >= 0.3 is 12.1 Å². The molecule has 176 valence electrons. The van der Waals surface area contributed by atoms with E-state index in [1.54, 1.807) is 0 Å². The van der Waals surface area contributed by atoms with Gasteiger partial charge in [0.15, 0.2) is 0 Å². The van der Waals surface area contributed by atoms with Crippen molar-refractivity contribution >= 4 is 11.9 Å². The number of amides is 1. The van der Waals surface area contributed by atoms with Gasteiger partial charge in [-0.3, -0.25) is 4.79 Å². The summed E-state index contributed by atoms with van der Waals surface area (Å²) in [4.78, 5) is 26.0. The van der Waals surface area contributed by atoms with E-state index >= 15 is 0 Å². The van der Waals surface area contributed by atoms with E-state index in [1.165, 1.54) is 38.0 Å². The Labute approximate surface area is 183 Å². The molecule has 1 aliphatic heterocycles. The zero-order chi connectivity index (χ0) is 23.6. The monoisotopic (exact) mass is 444 g/mol. The third kappa shape index (κ3) is 10.2. The molecule has 0 bridgehead atoms. The number of piperidine rings is 1. The van der Waals surface area contributed by atoms with Gasteiger partial charge in [0, 0.05) is 25.7 Å². The normalized spacial score (nSPS) is 15.4. The molecule has 5 nitrogen and oxygen atoms in total. The van der Waals surface area contributed by atoms with Gasteiger partial charge in [-0.25, -0.2) is 4.79 Å². The first-order valence-electron chi connectivity index (χ1n) is 10.8. The largest absolute Gasteiger partial charge is 0.490 e. The number of aryl methyl sites for hydroxylation is 1. The summed E-state index contributed by atoms with van der Waals surface area (Å²) in [5, 5.41) is 7.12. The maximum absolute atomic E-state index is 12.6. The van der Waals surface area contributed by atoms with Gasteiger partial charge in [0.25, 0.3) is 5.91 Å². The number of likely N-dealkylation sites (tertiary alicyclic amines) is 1. The molecular formula is C23H35F3N2O3. The Morgan fingerprint density at radius 1 is 1.16 bits per heavy atom. The van der Waals surface area contributed by atoms with Gasteiger partial charge in [-0.2, -0.15) is 13.2 Å². The van der Waals surface area contributed by atoms with E-state index < -0.39 is 12.1 Å². The summed E-state index contributed by atoms with van der Waals surface area (Å²) < 4.78 is 31.7. The number of carboxylic acids is 1. The lowest BCUT2D eigenvalue weighted by Gasteiger charge is -2.34. The SMILES string of the molecule is CCCc1ccc(C(=O)N(C)CC2CCN(CC(C)C)CC2)cc1.O=C(O)C(F)(F)F. The van der Waals surface area contributed by atoms with Crippen molar-refractivity contribution in [2.75, 3.05) is 33.2 Å². The number of carbonyl (C=O) groups excluding carboxylic acids is 1. The van der Waals surface area contributed by atoms with Gasteiger partial charge in [0.1, 0.15) is 0 Å². The van der Waals surface area contributed by atoms with Gasteiger partial charge in [-0.05, 0) is 61.9 Å². The molecule has 0 unspecified atom stereocenters. The van der Waals surface area contributed by atoms with Crippen LogP contribution < -0.4 is 0 Å². The predicted molar refractivity (Wildman–Crippen MR) is 115 cm³/mol. The molecule has 2 rings (SSSR count). The Morgan fingerprint density at radius 2 is 1.68 bits per heavy atom. The second-order valence-electron chi connectivity index (χ2n) is 8.57. The molecule has 1 saturated heterocycles. The standard InChI is InChI=1S/C21H34N2O.C2HF3O2/c1-5-6-18-7-9-20(10-8-18)21(24)22(4)16-19-11-13-23(14-12-19)15-17(2)3;3-2(4,5)1(6)7/h7-10,17,19H,5-6,11-16H2,1-4H3;(H,6,7). The molecule has 31 heavy (non-hydrogen) atoms. The van der Waals surface area contributed by atoms with E-state index in [9.17, 15) is 18.0 Å². The number of hydrogen-bond acceptors (Lipinski definition) is 3. The second-order valence-corrected chi connectivity index (χ2v) is 8.57. The first-order valence-corrected chi connectivity index (χ1v) is 10.8. The molecule has 0 radical (unpaired) electrons. The highest BCUT2D eigenvalue weighted by Crippen LogP contribution is 2.20. The van der Waals surface area contributed by atoms with Crippen LogP contribution in [-0.4, -0.2) is 66.2 Å². The molecule has 0 atom stereocenters. The Balaban J connectivity index is 0.000000592. The Bertz CT molecular complexity index is 682. The number of halogens is 3. The highest BCUT2D eigenvalue weighted by molar-refractivity contribution is 5.94. The molecular weight excluding hydrogens is 409 g/mol. The third-order valence-corrected chi connectivity index (χ3v) is 5.19. The van der Waals surface area contributed by atoms with Crippen LogP contribution in [0.5, 0.6) is 0 Å². The van der Waals surface area contributed by atoms with Crippen LogP contribution in [0.3, 0.4) is 0 Å². The van der Waals surface area contributed by atoms with Crippen molar-refractivity contribution < 1.29 is 27.9 Å². The molecule has 8 heteroatoms. The molecule has 1 aliphatic rings. The molecule has 1 aromatic carbocycles. The Hall–Kier alpha value is -2.09. The Kier molecular flexibility index (Phi) is 11.0. The smallest absolute Gasteiger partial charge is 0.475 e. The number of alkyl halides is 3. The van der Waals surface area contributed by atoms with Crippen molar-refractivity contribution in [2.45, 2.75) is 52.6 Å². The molecule has 1 fully saturated rings. The molecule has 1 aromatic rings. The molecule has 0 saturated carbocycles. The van der Waals surface area contributed by atoms with Gasteiger partial charge in [0.05, 0.1) is 0 Å². The van der Waals surface area contributed by atoms with Gasteiger partial charge in [-0.1, -0.05) is 39.3 Å². The number of nitrogens with zero attached hydrogens (tertiary/aromatic N) is 2. The van der Waals surface area contributed by atoms with E-state index in [1.807, 2.05) is 24.1 Å². The highest BCUT2D eigenvalue weighted by atomic mass is 19.4. The molecule has 0 aromatic heterocycles. The number of carbonyl (C=O) groups is 2. The van der Waals surface area contributed by atoms with Crippen LogP contribution in [0.15, 0.2) is 24.3 Å². The van der Waals surface area contributed by atoms with E-state index in [-0.39, 0.29) is 5.91 Å². The van der Waals surface area contributed by atoms with Crippen LogP contribution in [0.2, 0.25) is 0 Å². The van der Waals surface area contributed by atoms with Crippen LogP contribution in [0, 0.1) is 11.8 Å². The minimum atomic E-state index is -5.08. The van der Waals surface area contributed by atoms with Gasteiger partial charge in [0.2, 0.25) is 0 Å². The molecule has 0 spiro atoms. The van der Waals surface area contributed by atoms with Crippen molar-refractivity contribution in [1.29, 1.82) is 0 Å². The fourth-order valence-electron chi connectivity index (χ4n) is 3.66. The summed E-state index contributed by atoms with van der Waals surface area (Å²) >= 11 is 0. The molecule has 0 aliphatic carbocycles. The van der Waals surface area contributed by atoms with Crippen molar-refractivity contribution in [3.63, 3.8) is 0 Å². The number of carboxylic acid groups (broad SMARTS) is 1. The first-order chi connectivity index (χ1) is 14.4. The zero-order valence-corrected chi connectivity index (χ0v) is 18.9. The number of hydrogen-bond donors (Lipinski definition) is 1. The highest BCUT2D eigenvalue weighted by Gasteiger charge is 2.38. The average molecular weight is 445 g/mol. The lowest BCUT2D eigenvalue weighted by Crippen LogP contribution is -2.40. The van der Waals surface area contributed by atoms with E-state index in [0.717, 1.165) is 30.9 Å². The fourth-order valence-corrected chi connectivity index (χ4v) is 3.66. The maximum Gasteiger partial charge on any atom is 0.490 e. The molecule has 1 heterocycles. The second kappa shape index (κ2) is 12.7. The van der Waals surface area contributed by atoms with E-state index in [2.05, 4.69) is 37.8 Å². The summed E-state index contributed by atoms with van der Waals surface area (Å²) in [5.74, 6) is -1.22. The summed E-state index contributed by atoms with van der Waals surface area (Å²) in [6.45, 7) is 11.2. The van der Waals surface area contributed by atoms with Crippen molar-refractivity contribution in [2.24, 2.45) is 11.8 Å². The third-order valence-electron chi connectivity index (χ3n) is 5.19. The number of aliphatic carboxylic acids is 1. The quantitative estimate of drug-likeness (QED) is 0.662. The first kappa shape index (κ1) is 26.9. The molecule has 1 N–H and O–H groups in total. The predicted octanol–water partition coefficient (Wildman–Crippen LogP) is 4.71. The summed E-state index contributed by atoms with van der Waals surface area (Å²) in [5.41, 5.74) is 2.13. The number of benzene rings is 1. The summed E-state index contributed by atoms with van der Waals surface area (Å²) in [6.07, 6.45) is -0.443. The fraction of sp³-hybridized carbons (Fsp3) is 0.652. The van der Waals surface area contributed by atoms with Crippen LogP contribution >= 0.6 is 0 Å². The topological polar surface area (TPSA) is 60.9 Å². The lowest BCUT2D eigenvalue weighted by molar-refractivity contribution is -0.192. The summed E-state index contributed by atoms with van der Waals surface area (Å²) in [6, 6.07) is 8.15. The average Bonchev–Trinajstić information content (AvgIpc) is 2.69. The van der Waals surface area contributed by atoms with Crippen LogP contribution in [0.25, 0.3) is 0 Å². The Morgan fingerprint density at radius 3 is 2.10 bits per heavy atom. The zero-order valence-electron chi connectivity index (χ0n) is 18.9. The minimum absolute atomic E-state index is 0.155. The number of rotatable bonds is 7. The summed E-state index contributed by atoms with van der Waals surface area (Å²) in [7, 11) is 1.95. The van der Waals surface area contributed by atoms with Crippen molar-refractivity contribution in [1.82, 2.24) is 9.80 Å². The van der Waals surface area contributed by atoms with Gasteiger partial charge in [-0.15, -0.1) is 0 Å². The maximum atomic E-state index is 12.6.